The topological polar surface area (TPSA) is 153 Å². The Kier molecular flexibility index (Phi) is 5.92. The Morgan fingerprint density at radius 3 is 2.57 bits per heavy atom. The van der Waals surface area contributed by atoms with E-state index in [9.17, 15) is 23.9 Å². The number of aromatic amines is 1. The van der Waals surface area contributed by atoms with Gasteiger partial charge in [-0.25, -0.2) is 9.18 Å². The van der Waals surface area contributed by atoms with Crippen molar-refractivity contribution in [1.82, 2.24) is 10.2 Å². The number of aliphatic hydroxyl groups is 1. The summed E-state index contributed by atoms with van der Waals surface area (Å²) in [6.07, 6.45) is 0.409. The molecule has 1 aliphatic heterocycles. The average Bonchev–Trinajstić information content (AvgIpc) is 3.03. The Morgan fingerprint density at radius 2 is 2.00 bits per heavy atom. The molecule has 2 amide bonds. The first kappa shape index (κ1) is 21.5. The highest BCUT2D eigenvalue weighted by Crippen LogP contribution is 2.34. The van der Waals surface area contributed by atoms with E-state index in [1.165, 1.54) is 13.0 Å². The highest BCUT2D eigenvalue weighted by molar-refractivity contribution is 6.01. The minimum atomic E-state index is -1.11. The Morgan fingerprint density at radius 1 is 1.33 bits per heavy atom. The number of benzene rings is 1. The van der Waals surface area contributed by atoms with Crippen molar-refractivity contribution in [3.8, 4) is 0 Å². The molecule has 3 rings (SSSR count). The van der Waals surface area contributed by atoms with E-state index in [1.54, 1.807) is 11.0 Å². The number of ketones is 1. The van der Waals surface area contributed by atoms with E-state index < -0.39 is 23.4 Å². The van der Waals surface area contributed by atoms with Crippen molar-refractivity contribution in [2.45, 2.75) is 38.2 Å². The number of amides is 2. The molecule has 1 aromatic carbocycles. The number of aromatic nitrogens is 2. The van der Waals surface area contributed by atoms with Gasteiger partial charge in [-0.1, -0.05) is 0 Å². The number of rotatable bonds is 7. The second-order valence-electron chi connectivity index (χ2n) is 7.62. The number of urea groups is 1. The SMILES string of the molecule is CC(=O)CC1(O)CCN(c2cc3[nH]nc(N(CCC(=O)O)C(N)=O)c3cc2F)CC1. The van der Waals surface area contributed by atoms with Crippen LogP contribution in [0.5, 0.6) is 0 Å². The van der Waals surface area contributed by atoms with E-state index >= 15 is 0 Å². The molecule has 0 unspecified atom stereocenters. The van der Waals surface area contributed by atoms with Crippen molar-refractivity contribution in [3.05, 3.63) is 17.9 Å². The van der Waals surface area contributed by atoms with Gasteiger partial charge in [-0.3, -0.25) is 19.6 Å². The smallest absolute Gasteiger partial charge is 0.320 e. The number of carboxylic acid groups (broad SMARTS) is 1. The fourth-order valence-electron chi connectivity index (χ4n) is 3.79. The molecule has 2 heterocycles. The zero-order valence-corrected chi connectivity index (χ0v) is 16.5. The maximum Gasteiger partial charge on any atom is 0.320 e. The van der Waals surface area contributed by atoms with Gasteiger partial charge in [0, 0.05) is 31.4 Å². The predicted molar refractivity (Wildman–Crippen MR) is 107 cm³/mol. The maximum absolute atomic E-state index is 14.9. The highest BCUT2D eigenvalue weighted by Gasteiger charge is 2.34. The number of aliphatic carboxylic acids is 1. The van der Waals surface area contributed by atoms with Crippen LogP contribution in [0.25, 0.3) is 10.9 Å². The number of carbonyl (C=O) groups excluding carboxylic acids is 2. The van der Waals surface area contributed by atoms with E-state index in [1.807, 2.05) is 0 Å². The number of primary amides is 1. The predicted octanol–water partition coefficient (Wildman–Crippen LogP) is 1.37. The monoisotopic (exact) mass is 421 g/mol. The van der Waals surface area contributed by atoms with Gasteiger partial charge in [-0.2, -0.15) is 5.10 Å². The van der Waals surface area contributed by atoms with Gasteiger partial charge in [-0.15, -0.1) is 0 Å². The number of nitrogens with one attached hydrogen (secondary N) is 1. The Bertz CT molecular complexity index is 983. The molecule has 0 spiro atoms. The van der Waals surface area contributed by atoms with Crippen LogP contribution in [0.15, 0.2) is 12.1 Å². The van der Waals surface area contributed by atoms with Gasteiger partial charge in [0.05, 0.1) is 23.2 Å². The molecule has 0 atom stereocenters. The van der Waals surface area contributed by atoms with Crippen LogP contribution >= 0.6 is 0 Å². The summed E-state index contributed by atoms with van der Waals surface area (Å²) in [5.74, 6) is -1.70. The number of fused-ring (bicyclic) bond motifs is 1. The largest absolute Gasteiger partial charge is 0.481 e. The molecule has 1 aromatic heterocycles. The normalized spacial score (nSPS) is 15.9. The van der Waals surface area contributed by atoms with Crippen LogP contribution < -0.4 is 15.5 Å². The summed E-state index contributed by atoms with van der Waals surface area (Å²) in [5.41, 5.74) is 5.02. The molecule has 1 aliphatic rings. The van der Waals surface area contributed by atoms with Crippen molar-refractivity contribution in [1.29, 1.82) is 0 Å². The lowest BCUT2D eigenvalue weighted by Crippen LogP contribution is -2.45. The summed E-state index contributed by atoms with van der Waals surface area (Å²) in [6.45, 7) is 1.98. The first-order valence-electron chi connectivity index (χ1n) is 9.53. The van der Waals surface area contributed by atoms with E-state index in [2.05, 4.69) is 10.2 Å². The van der Waals surface area contributed by atoms with Crippen molar-refractivity contribution >= 4 is 40.2 Å². The summed E-state index contributed by atoms with van der Waals surface area (Å²) in [5, 5.41) is 26.4. The van der Waals surface area contributed by atoms with Crippen LogP contribution in [0.4, 0.5) is 20.7 Å². The average molecular weight is 421 g/mol. The molecular formula is C19H24FN5O5. The number of nitrogens with zero attached hydrogens (tertiary/aromatic N) is 3. The first-order valence-corrected chi connectivity index (χ1v) is 9.53. The van der Waals surface area contributed by atoms with Crippen molar-refractivity contribution in [2.24, 2.45) is 5.73 Å². The van der Waals surface area contributed by atoms with E-state index in [4.69, 9.17) is 10.8 Å². The molecule has 1 fully saturated rings. The van der Waals surface area contributed by atoms with E-state index in [-0.39, 0.29) is 31.0 Å². The van der Waals surface area contributed by atoms with Crippen molar-refractivity contribution < 1.29 is 29.0 Å². The van der Waals surface area contributed by atoms with Crippen LogP contribution in [-0.4, -0.2) is 63.4 Å². The molecular weight excluding hydrogens is 397 g/mol. The van der Waals surface area contributed by atoms with Gasteiger partial charge < -0.3 is 20.8 Å². The molecule has 162 valence electrons. The fraction of sp³-hybridized carbons (Fsp3) is 0.474. The van der Waals surface area contributed by atoms with Gasteiger partial charge in [0.1, 0.15) is 11.6 Å². The minimum absolute atomic E-state index is 0.0543. The van der Waals surface area contributed by atoms with Crippen LogP contribution in [-0.2, 0) is 9.59 Å². The van der Waals surface area contributed by atoms with Crippen LogP contribution in [0.3, 0.4) is 0 Å². The zero-order chi connectivity index (χ0) is 22.1. The molecule has 10 nitrogen and oxygen atoms in total. The molecule has 5 N–H and O–H groups in total. The summed E-state index contributed by atoms with van der Waals surface area (Å²) in [7, 11) is 0. The third-order valence-electron chi connectivity index (χ3n) is 5.29. The lowest BCUT2D eigenvalue weighted by molar-refractivity contribution is -0.136. The second kappa shape index (κ2) is 8.27. The quantitative estimate of drug-likeness (QED) is 0.527. The van der Waals surface area contributed by atoms with Gasteiger partial charge >= 0.3 is 12.0 Å². The number of H-pyrrole nitrogens is 1. The number of anilines is 2. The van der Waals surface area contributed by atoms with Gasteiger partial charge in [0.2, 0.25) is 0 Å². The lowest BCUT2D eigenvalue weighted by atomic mass is 9.86. The fourth-order valence-corrected chi connectivity index (χ4v) is 3.79. The molecule has 0 bridgehead atoms. The van der Waals surface area contributed by atoms with Gasteiger partial charge in [0.25, 0.3) is 0 Å². The lowest BCUT2D eigenvalue weighted by Gasteiger charge is -2.39. The number of piperidine rings is 1. The van der Waals surface area contributed by atoms with Crippen molar-refractivity contribution in [3.63, 3.8) is 0 Å². The third kappa shape index (κ3) is 4.51. The third-order valence-corrected chi connectivity index (χ3v) is 5.29. The second-order valence-corrected chi connectivity index (χ2v) is 7.62. The number of nitrogens with two attached hydrogens (primary N) is 1. The van der Waals surface area contributed by atoms with E-state index in [0.717, 1.165) is 4.90 Å². The molecule has 0 aliphatic carbocycles. The summed E-state index contributed by atoms with van der Waals surface area (Å²) in [6, 6.07) is 1.87. The van der Waals surface area contributed by atoms with Crippen LogP contribution in [0.1, 0.15) is 32.6 Å². The summed E-state index contributed by atoms with van der Waals surface area (Å²) < 4.78 is 14.9. The molecule has 0 saturated carbocycles. The van der Waals surface area contributed by atoms with E-state index in [0.29, 0.717) is 42.5 Å². The first-order chi connectivity index (χ1) is 14.1. The molecule has 30 heavy (non-hydrogen) atoms. The molecule has 2 aromatic rings. The van der Waals surface area contributed by atoms with Gasteiger partial charge in [0.15, 0.2) is 5.82 Å². The standard InChI is InChI=1S/C19H24FN5O5/c1-11(26)10-19(30)3-6-24(7-4-19)15-9-14-12(8-13(15)20)17(23-22-14)25(18(21)29)5-2-16(27)28/h8-9,30H,2-7,10H2,1H3,(H2,21,29)(H,22,23)(H,27,28). The number of carbonyl (C=O) groups is 3. The summed E-state index contributed by atoms with van der Waals surface area (Å²) in [4.78, 5) is 36.7. The molecule has 11 heteroatoms. The number of hydrogen-bond acceptors (Lipinski definition) is 6. The zero-order valence-electron chi connectivity index (χ0n) is 16.5. The molecule has 1 saturated heterocycles. The van der Waals surface area contributed by atoms with Crippen LogP contribution in [0, 0.1) is 5.82 Å². The highest BCUT2D eigenvalue weighted by atomic mass is 19.1. The number of halogens is 1. The number of Topliss-reactive ketones (excluding diaryl/α,β-unsaturated/α-hetero) is 1. The molecule has 0 radical (unpaired) electrons. The maximum atomic E-state index is 14.9. The number of carboxylic acids is 1. The Labute approximate surface area is 171 Å². The Balaban J connectivity index is 1.85. The summed E-state index contributed by atoms with van der Waals surface area (Å²) >= 11 is 0. The Hall–Kier alpha value is -3.21. The van der Waals surface area contributed by atoms with Crippen molar-refractivity contribution in [2.75, 3.05) is 29.4 Å². The van der Waals surface area contributed by atoms with Crippen LogP contribution in [0.2, 0.25) is 0 Å². The van der Waals surface area contributed by atoms with Gasteiger partial charge in [-0.05, 0) is 31.9 Å². The minimum Gasteiger partial charge on any atom is -0.481 e. The number of hydrogen-bond donors (Lipinski definition) is 4.